The maximum Gasteiger partial charge on any atom is 0.413 e. The van der Waals surface area contributed by atoms with Crippen LogP contribution in [-0.4, -0.2) is 29.1 Å². The molecular formula is C17H21N3O2S. The molecule has 0 saturated carbocycles. The predicted molar refractivity (Wildman–Crippen MR) is 91.8 cm³/mol. The minimum absolute atomic E-state index is 0.362. The third-order valence-corrected chi connectivity index (χ3v) is 4.95. The van der Waals surface area contributed by atoms with E-state index in [2.05, 4.69) is 46.4 Å². The molecule has 0 atom stereocenters. The highest BCUT2D eigenvalue weighted by atomic mass is 32.1. The number of carbonyl (C=O) groups is 1. The Morgan fingerprint density at radius 2 is 2.26 bits per heavy atom. The van der Waals surface area contributed by atoms with Crippen LogP contribution in [-0.2, 0) is 24.2 Å². The zero-order valence-corrected chi connectivity index (χ0v) is 14.3. The van der Waals surface area contributed by atoms with E-state index in [4.69, 9.17) is 4.74 Å². The fourth-order valence-corrected chi connectivity index (χ4v) is 3.76. The van der Waals surface area contributed by atoms with Crippen LogP contribution in [0.15, 0.2) is 24.3 Å². The van der Waals surface area contributed by atoms with Gasteiger partial charge in [0.15, 0.2) is 5.13 Å². The summed E-state index contributed by atoms with van der Waals surface area (Å²) in [4.78, 5) is 19.7. The molecule has 1 aliphatic heterocycles. The van der Waals surface area contributed by atoms with Crippen LogP contribution in [0.3, 0.4) is 0 Å². The number of ether oxygens (including phenoxy) is 1. The van der Waals surface area contributed by atoms with Crippen LogP contribution in [0.1, 0.15) is 28.6 Å². The number of nitrogens with zero attached hydrogens (tertiary/aromatic N) is 2. The van der Waals surface area contributed by atoms with E-state index in [1.165, 1.54) is 16.0 Å². The Bertz CT molecular complexity index is 699. The molecule has 23 heavy (non-hydrogen) atoms. The molecule has 0 aliphatic carbocycles. The maximum absolute atomic E-state index is 11.5. The van der Waals surface area contributed by atoms with Crippen LogP contribution in [0.5, 0.6) is 0 Å². The first-order valence-corrected chi connectivity index (χ1v) is 8.66. The Morgan fingerprint density at radius 1 is 1.43 bits per heavy atom. The molecule has 3 rings (SSSR count). The molecule has 5 nitrogen and oxygen atoms in total. The standard InChI is InChI=1S/C17H21N3O2S/c1-3-22-17(21)19-16-18-14-8-9-20(11-15(14)23-16)10-13-7-5-4-6-12(13)2/h4-7H,3,8-11H2,1-2H3,(H,18,19,21). The summed E-state index contributed by atoms with van der Waals surface area (Å²) >= 11 is 1.54. The van der Waals surface area contributed by atoms with Crippen molar-refractivity contribution in [1.82, 2.24) is 9.88 Å². The van der Waals surface area contributed by atoms with E-state index in [9.17, 15) is 4.79 Å². The van der Waals surface area contributed by atoms with E-state index < -0.39 is 6.09 Å². The number of anilines is 1. The summed E-state index contributed by atoms with van der Waals surface area (Å²) < 4.78 is 4.90. The third kappa shape index (κ3) is 3.89. The molecule has 0 radical (unpaired) electrons. The lowest BCUT2D eigenvalue weighted by Gasteiger charge is -2.26. The Kier molecular flexibility index (Phi) is 4.93. The van der Waals surface area contributed by atoms with Crippen molar-refractivity contribution in [2.45, 2.75) is 33.4 Å². The highest BCUT2D eigenvalue weighted by Gasteiger charge is 2.21. The van der Waals surface area contributed by atoms with Crippen LogP contribution in [0.4, 0.5) is 9.93 Å². The fraction of sp³-hybridized carbons (Fsp3) is 0.412. The van der Waals surface area contributed by atoms with Gasteiger partial charge < -0.3 is 4.74 Å². The van der Waals surface area contributed by atoms with Gasteiger partial charge in [0, 0.05) is 30.9 Å². The smallest absolute Gasteiger partial charge is 0.413 e. The van der Waals surface area contributed by atoms with Gasteiger partial charge in [-0.3, -0.25) is 10.2 Å². The number of amides is 1. The summed E-state index contributed by atoms with van der Waals surface area (Å²) in [6.45, 7) is 7.12. The zero-order chi connectivity index (χ0) is 16.2. The predicted octanol–water partition coefficient (Wildman–Crippen LogP) is 3.58. The minimum Gasteiger partial charge on any atom is -0.450 e. The fourth-order valence-electron chi connectivity index (χ4n) is 2.72. The van der Waals surface area contributed by atoms with Crippen molar-refractivity contribution < 1.29 is 9.53 Å². The van der Waals surface area contributed by atoms with Gasteiger partial charge in [-0.15, -0.1) is 0 Å². The van der Waals surface area contributed by atoms with E-state index in [0.29, 0.717) is 11.7 Å². The average Bonchev–Trinajstić information content (AvgIpc) is 2.91. The summed E-state index contributed by atoms with van der Waals surface area (Å²) in [5, 5.41) is 3.33. The normalized spacial score (nSPS) is 14.3. The highest BCUT2D eigenvalue weighted by molar-refractivity contribution is 7.15. The largest absolute Gasteiger partial charge is 0.450 e. The third-order valence-electron chi connectivity index (χ3n) is 3.95. The van der Waals surface area contributed by atoms with Crippen LogP contribution in [0.2, 0.25) is 0 Å². The summed E-state index contributed by atoms with van der Waals surface area (Å²) in [7, 11) is 0. The summed E-state index contributed by atoms with van der Waals surface area (Å²) in [5.41, 5.74) is 3.79. The summed E-state index contributed by atoms with van der Waals surface area (Å²) in [5.74, 6) is 0. The molecular weight excluding hydrogens is 310 g/mol. The van der Waals surface area contributed by atoms with Crippen LogP contribution in [0.25, 0.3) is 0 Å². The number of nitrogens with one attached hydrogen (secondary N) is 1. The van der Waals surface area contributed by atoms with Gasteiger partial charge in [0.25, 0.3) is 0 Å². The molecule has 6 heteroatoms. The Hall–Kier alpha value is -1.92. The van der Waals surface area contributed by atoms with Gasteiger partial charge in [0.05, 0.1) is 12.3 Å². The van der Waals surface area contributed by atoms with Gasteiger partial charge >= 0.3 is 6.09 Å². The maximum atomic E-state index is 11.5. The quantitative estimate of drug-likeness (QED) is 0.930. The molecule has 1 aromatic heterocycles. The van der Waals surface area contributed by atoms with Crippen molar-refractivity contribution in [1.29, 1.82) is 0 Å². The molecule has 0 unspecified atom stereocenters. The van der Waals surface area contributed by atoms with Gasteiger partial charge in [-0.25, -0.2) is 9.78 Å². The lowest BCUT2D eigenvalue weighted by molar-refractivity contribution is 0.168. The number of fused-ring (bicyclic) bond motifs is 1. The Labute approximate surface area is 140 Å². The SMILES string of the molecule is CCOC(=O)Nc1nc2c(s1)CN(Cc1ccccc1C)CC2. The van der Waals surface area contributed by atoms with Crippen molar-refractivity contribution in [2.24, 2.45) is 0 Å². The topological polar surface area (TPSA) is 54.5 Å². The number of aryl methyl sites for hydroxylation is 1. The van der Waals surface area contributed by atoms with Gasteiger partial charge in [-0.1, -0.05) is 35.6 Å². The minimum atomic E-state index is -0.435. The van der Waals surface area contributed by atoms with Crippen molar-refractivity contribution >= 4 is 22.6 Å². The van der Waals surface area contributed by atoms with E-state index in [-0.39, 0.29) is 0 Å². The molecule has 1 aromatic carbocycles. The molecule has 2 heterocycles. The number of benzene rings is 1. The number of hydrogen-bond acceptors (Lipinski definition) is 5. The van der Waals surface area contributed by atoms with Crippen LogP contribution < -0.4 is 5.32 Å². The van der Waals surface area contributed by atoms with Gasteiger partial charge in [-0.05, 0) is 25.0 Å². The van der Waals surface area contributed by atoms with E-state index in [1.54, 1.807) is 18.3 Å². The first-order valence-electron chi connectivity index (χ1n) is 7.85. The molecule has 0 bridgehead atoms. The van der Waals surface area contributed by atoms with Crippen molar-refractivity contribution in [3.63, 3.8) is 0 Å². The van der Waals surface area contributed by atoms with Gasteiger partial charge in [-0.2, -0.15) is 0 Å². The second-order valence-electron chi connectivity index (χ2n) is 5.62. The summed E-state index contributed by atoms with van der Waals surface area (Å²) in [6, 6.07) is 8.50. The van der Waals surface area contributed by atoms with Crippen molar-refractivity contribution in [2.75, 3.05) is 18.5 Å². The molecule has 0 spiro atoms. The lowest BCUT2D eigenvalue weighted by atomic mass is 10.1. The molecule has 2 aromatic rings. The second-order valence-corrected chi connectivity index (χ2v) is 6.71. The average molecular weight is 331 g/mol. The van der Waals surface area contributed by atoms with E-state index in [1.807, 2.05) is 0 Å². The first-order chi connectivity index (χ1) is 11.2. The molecule has 1 amide bonds. The number of rotatable bonds is 4. The number of thiazole rings is 1. The van der Waals surface area contributed by atoms with Gasteiger partial charge in [0.2, 0.25) is 0 Å². The van der Waals surface area contributed by atoms with Crippen molar-refractivity contribution in [3.05, 3.63) is 46.0 Å². The zero-order valence-electron chi connectivity index (χ0n) is 13.5. The monoisotopic (exact) mass is 331 g/mol. The Balaban J connectivity index is 1.65. The Morgan fingerprint density at radius 3 is 3.04 bits per heavy atom. The first kappa shape index (κ1) is 16.0. The molecule has 1 aliphatic rings. The van der Waals surface area contributed by atoms with E-state index >= 15 is 0 Å². The molecule has 122 valence electrons. The van der Waals surface area contributed by atoms with Gasteiger partial charge in [0.1, 0.15) is 0 Å². The van der Waals surface area contributed by atoms with E-state index in [0.717, 1.165) is 31.7 Å². The molecule has 0 fully saturated rings. The number of aromatic nitrogens is 1. The van der Waals surface area contributed by atoms with Crippen LogP contribution >= 0.6 is 11.3 Å². The summed E-state index contributed by atoms with van der Waals surface area (Å²) in [6.07, 6.45) is 0.484. The lowest BCUT2D eigenvalue weighted by Crippen LogP contribution is -2.29. The molecule has 1 N–H and O–H groups in total. The second kappa shape index (κ2) is 7.10. The van der Waals surface area contributed by atoms with Crippen LogP contribution in [0, 0.1) is 6.92 Å². The van der Waals surface area contributed by atoms with Crippen molar-refractivity contribution in [3.8, 4) is 0 Å². The molecule has 0 saturated heterocycles. The number of hydrogen-bond donors (Lipinski definition) is 1. The number of carbonyl (C=O) groups excluding carboxylic acids is 1. The highest BCUT2D eigenvalue weighted by Crippen LogP contribution is 2.29.